The molecule has 0 radical (unpaired) electrons. The zero-order valence-electron chi connectivity index (χ0n) is 4.63. The summed E-state index contributed by atoms with van der Waals surface area (Å²) in [5.41, 5.74) is -0.160. The molecule has 4 heteroatoms. The lowest BCUT2D eigenvalue weighted by atomic mass is 10.3. The van der Waals surface area contributed by atoms with Crippen LogP contribution in [0.5, 0.6) is 0 Å². The standard InChI is InChI=1S/C5HN3.H3N/c6-2-1-5(3-7)4-8;/h1H;1H3. The molecule has 44 valence electrons. The van der Waals surface area contributed by atoms with Crippen molar-refractivity contribution >= 4 is 0 Å². The van der Waals surface area contributed by atoms with Crippen LogP contribution in [0.15, 0.2) is 11.6 Å². The van der Waals surface area contributed by atoms with Gasteiger partial charge in [0.1, 0.15) is 17.7 Å². The molecule has 9 heavy (non-hydrogen) atoms. The molecule has 0 aliphatic rings. The normalized spacial score (nSPS) is 4.56. The molecule has 0 heterocycles. The molecule has 0 aliphatic heterocycles. The van der Waals surface area contributed by atoms with Crippen LogP contribution in [0.3, 0.4) is 0 Å². The lowest BCUT2D eigenvalue weighted by Gasteiger charge is -1.65. The number of allylic oxidation sites excluding steroid dienone is 2. The average molecular weight is 120 g/mol. The first kappa shape index (κ1) is 10.2. The third-order valence-corrected chi connectivity index (χ3v) is 0.450. The number of rotatable bonds is 0. The van der Waals surface area contributed by atoms with Gasteiger partial charge in [0.25, 0.3) is 0 Å². The Hall–Kier alpha value is -1.83. The predicted octanol–water partition coefficient (Wildman–Crippen LogP) is 0.646. The summed E-state index contributed by atoms with van der Waals surface area (Å²) >= 11 is 0. The molecular formula is C5H4N4. The lowest BCUT2D eigenvalue weighted by Crippen LogP contribution is -1.66. The van der Waals surface area contributed by atoms with Gasteiger partial charge in [0.2, 0.25) is 0 Å². The van der Waals surface area contributed by atoms with Crippen LogP contribution in [0.2, 0.25) is 0 Å². The number of nitriles is 3. The van der Waals surface area contributed by atoms with E-state index in [0.717, 1.165) is 6.08 Å². The van der Waals surface area contributed by atoms with Crippen molar-refractivity contribution in [2.24, 2.45) is 0 Å². The van der Waals surface area contributed by atoms with Crippen molar-refractivity contribution in [3.63, 3.8) is 0 Å². The highest BCUT2D eigenvalue weighted by atomic mass is 14.3. The molecule has 0 aromatic rings. The van der Waals surface area contributed by atoms with Crippen molar-refractivity contribution in [3.8, 4) is 18.2 Å². The zero-order chi connectivity index (χ0) is 6.41. The van der Waals surface area contributed by atoms with Crippen molar-refractivity contribution in [2.75, 3.05) is 0 Å². The van der Waals surface area contributed by atoms with Gasteiger partial charge >= 0.3 is 0 Å². The van der Waals surface area contributed by atoms with Gasteiger partial charge in [0.15, 0.2) is 0 Å². The van der Waals surface area contributed by atoms with Crippen LogP contribution in [-0.2, 0) is 0 Å². The minimum atomic E-state index is -0.160. The van der Waals surface area contributed by atoms with Gasteiger partial charge in [-0.25, -0.2) is 0 Å². The van der Waals surface area contributed by atoms with Crippen molar-refractivity contribution in [3.05, 3.63) is 11.6 Å². The van der Waals surface area contributed by atoms with Crippen LogP contribution in [0, 0.1) is 34.0 Å². The van der Waals surface area contributed by atoms with E-state index in [4.69, 9.17) is 15.8 Å². The molecule has 0 aliphatic carbocycles. The molecule has 0 spiro atoms. The molecule has 0 atom stereocenters. The van der Waals surface area contributed by atoms with Gasteiger partial charge in [-0.2, -0.15) is 15.8 Å². The molecule has 0 amide bonds. The van der Waals surface area contributed by atoms with Gasteiger partial charge in [0, 0.05) is 6.08 Å². The minimum Gasteiger partial charge on any atom is -0.344 e. The van der Waals surface area contributed by atoms with E-state index < -0.39 is 0 Å². The fraction of sp³-hybridized carbons (Fsp3) is 0. The number of hydrogen-bond acceptors (Lipinski definition) is 4. The first-order chi connectivity index (χ1) is 3.85. The Morgan fingerprint density at radius 1 is 1.11 bits per heavy atom. The van der Waals surface area contributed by atoms with Crippen LogP contribution in [0.4, 0.5) is 0 Å². The van der Waals surface area contributed by atoms with E-state index in [1.54, 1.807) is 6.07 Å². The molecule has 0 saturated carbocycles. The van der Waals surface area contributed by atoms with Gasteiger partial charge in [-0.05, 0) is 0 Å². The Labute approximate surface area is 52.8 Å². The molecule has 0 rings (SSSR count). The molecule has 0 bridgehead atoms. The average Bonchev–Trinajstić information content (AvgIpc) is 1.83. The summed E-state index contributed by atoms with van der Waals surface area (Å²) in [6, 6.07) is 4.62. The van der Waals surface area contributed by atoms with E-state index in [-0.39, 0.29) is 11.7 Å². The van der Waals surface area contributed by atoms with Crippen molar-refractivity contribution in [2.45, 2.75) is 0 Å². The Balaban J connectivity index is 0. The highest BCUT2D eigenvalue weighted by Crippen LogP contribution is 1.84. The molecule has 0 saturated heterocycles. The number of nitrogens with zero attached hydrogens (tertiary/aromatic N) is 3. The zero-order valence-corrected chi connectivity index (χ0v) is 4.63. The number of hydrogen-bond donors (Lipinski definition) is 1. The van der Waals surface area contributed by atoms with Gasteiger partial charge in [-0.1, -0.05) is 0 Å². The van der Waals surface area contributed by atoms with Gasteiger partial charge in [-0.3, -0.25) is 0 Å². The minimum absolute atomic E-state index is 0. The van der Waals surface area contributed by atoms with E-state index in [2.05, 4.69) is 0 Å². The van der Waals surface area contributed by atoms with Crippen LogP contribution in [-0.4, -0.2) is 0 Å². The van der Waals surface area contributed by atoms with E-state index in [9.17, 15) is 0 Å². The first-order valence-electron chi connectivity index (χ1n) is 1.75. The van der Waals surface area contributed by atoms with Crippen LogP contribution < -0.4 is 6.15 Å². The summed E-state index contributed by atoms with van der Waals surface area (Å²) in [5.74, 6) is 0. The first-order valence-corrected chi connectivity index (χ1v) is 1.75. The van der Waals surface area contributed by atoms with Crippen molar-refractivity contribution in [1.82, 2.24) is 6.15 Å². The third-order valence-electron chi connectivity index (χ3n) is 0.450. The quantitative estimate of drug-likeness (QED) is 0.473. The summed E-state index contributed by atoms with van der Waals surface area (Å²) in [6.45, 7) is 0. The Kier molecular flexibility index (Phi) is 7.00. The summed E-state index contributed by atoms with van der Waals surface area (Å²) in [4.78, 5) is 0. The summed E-state index contributed by atoms with van der Waals surface area (Å²) < 4.78 is 0. The van der Waals surface area contributed by atoms with Crippen LogP contribution in [0.25, 0.3) is 0 Å². The molecular weight excluding hydrogens is 116 g/mol. The maximum absolute atomic E-state index is 7.97. The molecule has 0 fully saturated rings. The summed E-state index contributed by atoms with van der Waals surface area (Å²) in [5, 5.41) is 23.8. The second-order valence-electron chi connectivity index (χ2n) is 0.911. The molecule has 0 aromatic heterocycles. The molecule has 3 N–H and O–H groups in total. The highest BCUT2D eigenvalue weighted by molar-refractivity contribution is 5.38. The van der Waals surface area contributed by atoms with Crippen molar-refractivity contribution < 1.29 is 0 Å². The van der Waals surface area contributed by atoms with E-state index in [1.165, 1.54) is 12.1 Å². The second kappa shape index (κ2) is 6.17. The Morgan fingerprint density at radius 2 is 1.56 bits per heavy atom. The maximum Gasteiger partial charge on any atom is 0.140 e. The van der Waals surface area contributed by atoms with Gasteiger partial charge in [0.05, 0.1) is 6.07 Å². The monoisotopic (exact) mass is 120 g/mol. The topological polar surface area (TPSA) is 106 Å². The van der Waals surface area contributed by atoms with Crippen molar-refractivity contribution in [1.29, 1.82) is 15.8 Å². The lowest BCUT2D eigenvalue weighted by molar-refractivity contribution is 1.45. The Bertz CT molecular complexity index is 203. The van der Waals surface area contributed by atoms with E-state index in [1.807, 2.05) is 0 Å². The largest absolute Gasteiger partial charge is 0.344 e. The maximum atomic E-state index is 7.97. The van der Waals surface area contributed by atoms with Crippen LogP contribution in [0.1, 0.15) is 0 Å². The Morgan fingerprint density at radius 3 is 1.67 bits per heavy atom. The fourth-order valence-corrected chi connectivity index (χ4v) is 0.154. The summed E-state index contributed by atoms with van der Waals surface area (Å²) in [7, 11) is 0. The van der Waals surface area contributed by atoms with E-state index in [0.29, 0.717) is 0 Å². The van der Waals surface area contributed by atoms with Crippen LogP contribution >= 0.6 is 0 Å². The second-order valence-corrected chi connectivity index (χ2v) is 0.911. The SMILES string of the molecule is N.N#CC=C(C#N)C#N. The highest BCUT2D eigenvalue weighted by Gasteiger charge is 1.85. The third kappa shape index (κ3) is 4.01. The molecule has 4 nitrogen and oxygen atoms in total. The van der Waals surface area contributed by atoms with E-state index >= 15 is 0 Å². The smallest absolute Gasteiger partial charge is 0.140 e. The van der Waals surface area contributed by atoms with Gasteiger partial charge < -0.3 is 6.15 Å². The molecule has 0 aromatic carbocycles. The predicted molar refractivity (Wildman–Crippen MR) is 29.9 cm³/mol. The molecule has 0 unspecified atom stereocenters. The fourth-order valence-electron chi connectivity index (χ4n) is 0.154. The van der Waals surface area contributed by atoms with Gasteiger partial charge in [-0.15, -0.1) is 0 Å². The summed E-state index contributed by atoms with van der Waals surface area (Å²) in [6.07, 6.45) is 0.903.